The van der Waals surface area contributed by atoms with Gasteiger partial charge in [0.15, 0.2) is 5.09 Å². The Kier molecular flexibility index (Phi) is 5.30. The van der Waals surface area contributed by atoms with Gasteiger partial charge in [-0.05, 0) is 24.4 Å². The zero-order chi connectivity index (χ0) is 9.56. The summed E-state index contributed by atoms with van der Waals surface area (Å²) >= 11 is 1.47. The molecular weight excluding hydrogens is 168 g/mol. The summed E-state index contributed by atoms with van der Waals surface area (Å²) < 4.78 is 5.17. The summed E-state index contributed by atoms with van der Waals surface area (Å²) in [5.41, 5.74) is 0. The van der Waals surface area contributed by atoms with E-state index in [4.69, 9.17) is 4.74 Å². The van der Waals surface area contributed by atoms with Gasteiger partial charge in [-0.25, -0.2) is 0 Å². The quantitative estimate of drug-likeness (QED) is 0.642. The van der Waals surface area contributed by atoms with Gasteiger partial charge >= 0.3 is 0 Å². The summed E-state index contributed by atoms with van der Waals surface area (Å²) in [6, 6.07) is 0. The average Bonchev–Trinajstić information content (AvgIpc) is 2.49. The van der Waals surface area contributed by atoms with Crippen molar-refractivity contribution < 1.29 is 4.74 Å². The fourth-order valence-electron chi connectivity index (χ4n) is 0.651. The molecule has 1 heterocycles. The number of hydrogen-bond acceptors (Lipinski definition) is 2. The molecule has 1 aliphatic heterocycles. The van der Waals surface area contributed by atoms with Gasteiger partial charge < -0.3 is 4.74 Å². The van der Waals surface area contributed by atoms with Gasteiger partial charge in [-0.15, -0.1) is 0 Å². The molecule has 12 heavy (non-hydrogen) atoms. The van der Waals surface area contributed by atoms with Gasteiger partial charge in [0, 0.05) is 0 Å². The third-order valence-electron chi connectivity index (χ3n) is 1.06. The van der Waals surface area contributed by atoms with Crippen LogP contribution in [0.3, 0.4) is 0 Å². The second-order valence-corrected chi connectivity index (χ2v) is 2.81. The standard InChI is InChI=1S/C8H8OS.C2H6/c1-4-7-8(5-2)10-6(3)9-7;1-2/h4-5H,1-3H2;1-2H3. The van der Waals surface area contributed by atoms with E-state index in [1.165, 1.54) is 11.8 Å². The molecule has 1 aliphatic rings. The molecule has 0 atom stereocenters. The molecule has 0 fully saturated rings. The summed E-state index contributed by atoms with van der Waals surface area (Å²) in [7, 11) is 0. The van der Waals surface area contributed by atoms with Crippen LogP contribution in [0.15, 0.2) is 47.6 Å². The van der Waals surface area contributed by atoms with Gasteiger partial charge in [0.25, 0.3) is 0 Å². The van der Waals surface area contributed by atoms with Crippen molar-refractivity contribution in [2.45, 2.75) is 13.8 Å². The topological polar surface area (TPSA) is 9.23 Å². The van der Waals surface area contributed by atoms with E-state index >= 15 is 0 Å². The van der Waals surface area contributed by atoms with Crippen molar-refractivity contribution in [3.8, 4) is 0 Å². The fourth-order valence-corrected chi connectivity index (χ4v) is 1.34. The minimum atomic E-state index is 0.685. The predicted molar refractivity (Wildman–Crippen MR) is 56.6 cm³/mol. The van der Waals surface area contributed by atoms with Crippen molar-refractivity contribution in [1.29, 1.82) is 0 Å². The zero-order valence-electron chi connectivity index (χ0n) is 7.59. The van der Waals surface area contributed by atoms with Gasteiger partial charge in [-0.1, -0.05) is 33.1 Å². The van der Waals surface area contributed by atoms with E-state index in [9.17, 15) is 0 Å². The second-order valence-electron chi connectivity index (χ2n) is 1.71. The predicted octanol–water partition coefficient (Wildman–Crippen LogP) is 3.83. The number of hydrogen-bond donors (Lipinski definition) is 0. The minimum Gasteiger partial charge on any atom is -0.450 e. The Hall–Kier alpha value is -0.890. The van der Waals surface area contributed by atoms with Gasteiger partial charge in [0.2, 0.25) is 0 Å². The Morgan fingerprint density at radius 3 is 2.17 bits per heavy atom. The molecule has 0 N–H and O–H groups in total. The van der Waals surface area contributed by atoms with Crippen LogP contribution in [-0.2, 0) is 4.74 Å². The van der Waals surface area contributed by atoms with Gasteiger partial charge in [0.05, 0.1) is 4.91 Å². The molecule has 0 amide bonds. The van der Waals surface area contributed by atoms with Gasteiger partial charge in [-0.2, -0.15) is 0 Å². The third-order valence-corrected chi connectivity index (χ3v) is 1.96. The molecular formula is C10H14OS. The summed E-state index contributed by atoms with van der Waals surface area (Å²) in [6.07, 6.45) is 3.39. The lowest BCUT2D eigenvalue weighted by Crippen LogP contribution is -1.76. The number of thioether (sulfide) groups is 1. The van der Waals surface area contributed by atoms with E-state index in [0.717, 1.165) is 10.7 Å². The van der Waals surface area contributed by atoms with Crippen LogP contribution in [0.5, 0.6) is 0 Å². The lowest BCUT2D eigenvalue weighted by Gasteiger charge is -1.93. The maximum Gasteiger partial charge on any atom is 0.158 e. The zero-order valence-corrected chi connectivity index (χ0v) is 8.41. The van der Waals surface area contributed by atoms with Crippen molar-refractivity contribution in [1.82, 2.24) is 0 Å². The van der Waals surface area contributed by atoms with Crippen LogP contribution < -0.4 is 0 Å². The normalized spacial score (nSPS) is 14.7. The number of allylic oxidation sites excluding steroid dienone is 2. The highest BCUT2D eigenvalue weighted by atomic mass is 32.2. The van der Waals surface area contributed by atoms with Crippen molar-refractivity contribution in [2.24, 2.45) is 0 Å². The number of rotatable bonds is 2. The fraction of sp³-hybridized carbons (Fsp3) is 0.200. The molecule has 0 unspecified atom stereocenters. The first kappa shape index (κ1) is 11.1. The molecule has 1 rings (SSSR count). The van der Waals surface area contributed by atoms with E-state index in [0.29, 0.717) is 5.09 Å². The first-order valence-electron chi connectivity index (χ1n) is 3.81. The van der Waals surface area contributed by atoms with Crippen LogP contribution in [0.25, 0.3) is 0 Å². The van der Waals surface area contributed by atoms with E-state index in [2.05, 4.69) is 19.7 Å². The van der Waals surface area contributed by atoms with E-state index < -0.39 is 0 Å². The summed E-state index contributed by atoms with van der Waals surface area (Å²) in [6.45, 7) is 14.9. The van der Waals surface area contributed by atoms with Crippen LogP contribution in [0.1, 0.15) is 13.8 Å². The lowest BCUT2D eigenvalue weighted by molar-refractivity contribution is 0.363. The van der Waals surface area contributed by atoms with Crippen LogP contribution >= 0.6 is 11.8 Å². The van der Waals surface area contributed by atoms with Crippen molar-refractivity contribution in [3.05, 3.63) is 47.6 Å². The Morgan fingerprint density at radius 2 is 1.83 bits per heavy atom. The van der Waals surface area contributed by atoms with Crippen LogP contribution in [0, 0.1) is 0 Å². The highest BCUT2D eigenvalue weighted by Gasteiger charge is 2.14. The van der Waals surface area contributed by atoms with Crippen molar-refractivity contribution >= 4 is 11.8 Å². The highest BCUT2D eigenvalue weighted by Crippen LogP contribution is 2.37. The molecule has 0 saturated heterocycles. The summed E-state index contributed by atoms with van der Waals surface area (Å²) in [5.74, 6) is 0.755. The first-order chi connectivity index (χ1) is 5.77. The van der Waals surface area contributed by atoms with E-state index in [1.807, 2.05) is 13.8 Å². The molecule has 0 aromatic heterocycles. The highest BCUT2D eigenvalue weighted by molar-refractivity contribution is 8.06. The molecule has 0 bridgehead atoms. The van der Waals surface area contributed by atoms with Crippen molar-refractivity contribution in [3.63, 3.8) is 0 Å². The SMILES string of the molecule is C=CC1=C(C=C)SC(=C)O1.CC. The summed E-state index contributed by atoms with van der Waals surface area (Å²) in [4.78, 5) is 0.986. The maximum atomic E-state index is 5.17. The molecule has 0 saturated carbocycles. The monoisotopic (exact) mass is 182 g/mol. The van der Waals surface area contributed by atoms with Crippen LogP contribution in [0.2, 0.25) is 0 Å². The van der Waals surface area contributed by atoms with E-state index in [1.54, 1.807) is 12.2 Å². The lowest BCUT2D eigenvalue weighted by atomic mass is 10.4. The third kappa shape index (κ3) is 2.62. The van der Waals surface area contributed by atoms with Gasteiger partial charge in [-0.3, -0.25) is 0 Å². The average molecular weight is 182 g/mol. The van der Waals surface area contributed by atoms with Gasteiger partial charge in [0.1, 0.15) is 5.76 Å². The van der Waals surface area contributed by atoms with Crippen molar-refractivity contribution in [2.75, 3.05) is 0 Å². The van der Waals surface area contributed by atoms with Crippen LogP contribution in [-0.4, -0.2) is 0 Å². The Labute approximate surface area is 78.5 Å². The first-order valence-corrected chi connectivity index (χ1v) is 4.63. The Bertz CT molecular complexity index is 204. The molecule has 66 valence electrons. The Balaban J connectivity index is 0.000000561. The molecule has 0 radical (unpaired) electrons. The minimum absolute atomic E-state index is 0.685. The maximum absolute atomic E-state index is 5.17. The molecule has 2 heteroatoms. The summed E-state index contributed by atoms with van der Waals surface area (Å²) in [5, 5.41) is 0.685. The molecule has 1 nitrogen and oxygen atoms in total. The molecule has 0 aromatic rings. The molecule has 0 aliphatic carbocycles. The molecule has 0 aromatic carbocycles. The molecule has 0 spiro atoms. The number of ether oxygens (including phenoxy) is 1. The smallest absolute Gasteiger partial charge is 0.158 e. The van der Waals surface area contributed by atoms with E-state index in [-0.39, 0.29) is 0 Å². The second kappa shape index (κ2) is 5.72. The van der Waals surface area contributed by atoms with Crippen LogP contribution in [0.4, 0.5) is 0 Å². The largest absolute Gasteiger partial charge is 0.450 e. The Morgan fingerprint density at radius 1 is 1.25 bits per heavy atom.